The first-order chi connectivity index (χ1) is 14.5. The molecular formula is C24H33N3O3S. The molecule has 6 nitrogen and oxygen atoms in total. The van der Waals surface area contributed by atoms with Crippen LogP contribution >= 0.6 is 0 Å². The summed E-state index contributed by atoms with van der Waals surface area (Å²) in [6, 6.07) is 7.96. The second-order valence-corrected chi connectivity index (χ2v) is 10.5. The predicted molar refractivity (Wildman–Crippen MR) is 125 cm³/mol. The van der Waals surface area contributed by atoms with Gasteiger partial charge in [-0.15, -0.1) is 0 Å². The predicted octanol–water partition coefficient (Wildman–Crippen LogP) is 3.48. The van der Waals surface area contributed by atoms with E-state index in [-0.39, 0.29) is 12.5 Å². The molecular weight excluding hydrogens is 410 g/mol. The Morgan fingerprint density at radius 1 is 0.871 bits per heavy atom. The van der Waals surface area contributed by atoms with Crippen LogP contribution < -0.4 is 5.32 Å². The summed E-state index contributed by atoms with van der Waals surface area (Å²) in [5.41, 5.74) is 6.53. The lowest BCUT2D eigenvalue weighted by molar-refractivity contribution is -0.117. The molecule has 0 bridgehead atoms. The Balaban J connectivity index is 1.66. The molecule has 168 valence electrons. The van der Waals surface area contributed by atoms with Gasteiger partial charge in [0.25, 0.3) is 0 Å². The Kier molecular flexibility index (Phi) is 6.88. The summed E-state index contributed by atoms with van der Waals surface area (Å²) >= 11 is 0. The Labute approximate surface area is 186 Å². The first kappa shape index (κ1) is 23.4. The third-order valence-corrected chi connectivity index (χ3v) is 8.51. The minimum atomic E-state index is -3.57. The van der Waals surface area contributed by atoms with Crippen molar-refractivity contribution in [2.45, 2.75) is 46.4 Å². The summed E-state index contributed by atoms with van der Waals surface area (Å²) in [5, 5.41) is 3.01. The number of amides is 1. The van der Waals surface area contributed by atoms with Crippen LogP contribution in [0.1, 0.15) is 33.4 Å². The lowest BCUT2D eigenvalue weighted by Crippen LogP contribution is -2.50. The SMILES string of the molecule is Cc1cc(C)c(C)c(S(=O)(=O)N2CCN(CC(=O)Nc3c(C)cccc3C)CC2)c1C. The number of aryl methyl sites for hydroxylation is 4. The summed E-state index contributed by atoms with van der Waals surface area (Å²) < 4.78 is 28.4. The number of para-hydroxylation sites is 1. The minimum Gasteiger partial charge on any atom is -0.324 e. The van der Waals surface area contributed by atoms with Crippen LogP contribution in [0.2, 0.25) is 0 Å². The monoisotopic (exact) mass is 443 g/mol. The highest BCUT2D eigenvalue weighted by atomic mass is 32.2. The minimum absolute atomic E-state index is 0.0743. The van der Waals surface area contributed by atoms with Gasteiger partial charge in [-0.1, -0.05) is 24.3 Å². The molecule has 2 aromatic rings. The second-order valence-electron chi connectivity index (χ2n) is 8.58. The molecule has 31 heavy (non-hydrogen) atoms. The summed E-state index contributed by atoms with van der Waals surface area (Å²) in [6.07, 6.45) is 0. The normalized spacial score (nSPS) is 15.8. The lowest BCUT2D eigenvalue weighted by Gasteiger charge is -2.34. The number of carbonyl (C=O) groups excluding carboxylic acids is 1. The van der Waals surface area contributed by atoms with E-state index in [1.807, 2.05) is 70.7 Å². The molecule has 1 amide bonds. The van der Waals surface area contributed by atoms with E-state index in [9.17, 15) is 13.2 Å². The van der Waals surface area contributed by atoms with Crippen LogP contribution in [0, 0.1) is 41.5 Å². The van der Waals surface area contributed by atoms with Crippen LogP contribution in [0.25, 0.3) is 0 Å². The molecule has 1 N–H and O–H groups in total. The van der Waals surface area contributed by atoms with Gasteiger partial charge in [-0.05, 0) is 74.9 Å². The third kappa shape index (κ3) is 4.84. The van der Waals surface area contributed by atoms with Gasteiger partial charge in [0.05, 0.1) is 11.4 Å². The van der Waals surface area contributed by atoms with Crippen molar-refractivity contribution in [3.05, 3.63) is 57.6 Å². The van der Waals surface area contributed by atoms with Gasteiger partial charge in [-0.2, -0.15) is 4.31 Å². The maximum Gasteiger partial charge on any atom is 0.243 e. The van der Waals surface area contributed by atoms with Gasteiger partial charge in [-0.3, -0.25) is 9.69 Å². The average Bonchev–Trinajstić information content (AvgIpc) is 2.70. The Bertz CT molecular complexity index is 1060. The number of nitrogens with one attached hydrogen (secondary N) is 1. The van der Waals surface area contributed by atoms with Crippen molar-refractivity contribution in [2.24, 2.45) is 0 Å². The Morgan fingerprint density at radius 3 is 1.90 bits per heavy atom. The van der Waals surface area contributed by atoms with Gasteiger partial charge in [0, 0.05) is 31.9 Å². The van der Waals surface area contributed by atoms with Crippen LogP contribution in [0.4, 0.5) is 5.69 Å². The van der Waals surface area contributed by atoms with Gasteiger partial charge in [-0.25, -0.2) is 8.42 Å². The smallest absolute Gasteiger partial charge is 0.243 e. The molecule has 0 aromatic heterocycles. The van der Waals surface area contributed by atoms with E-state index in [0.29, 0.717) is 31.1 Å². The summed E-state index contributed by atoms with van der Waals surface area (Å²) in [6.45, 7) is 13.7. The molecule has 0 aliphatic carbocycles. The fourth-order valence-electron chi connectivity index (χ4n) is 4.22. The molecule has 1 aliphatic heterocycles. The van der Waals surface area contributed by atoms with Gasteiger partial charge >= 0.3 is 0 Å². The second kappa shape index (κ2) is 9.10. The fraction of sp³-hybridized carbons (Fsp3) is 0.458. The quantitative estimate of drug-likeness (QED) is 0.768. The number of nitrogens with zero attached hydrogens (tertiary/aromatic N) is 2. The average molecular weight is 444 g/mol. The summed E-state index contributed by atoms with van der Waals surface area (Å²) in [5.74, 6) is -0.0743. The fourth-order valence-corrected chi connectivity index (χ4v) is 6.22. The van der Waals surface area contributed by atoms with Crippen molar-refractivity contribution in [1.82, 2.24) is 9.21 Å². The molecule has 1 aliphatic rings. The number of anilines is 1. The molecule has 3 rings (SSSR count). The first-order valence-electron chi connectivity index (χ1n) is 10.7. The highest BCUT2D eigenvalue weighted by molar-refractivity contribution is 7.89. The molecule has 0 saturated carbocycles. The molecule has 0 atom stereocenters. The van der Waals surface area contributed by atoms with Crippen molar-refractivity contribution >= 4 is 21.6 Å². The van der Waals surface area contributed by atoms with Gasteiger partial charge in [0.1, 0.15) is 0 Å². The van der Waals surface area contributed by atoms with Crippen LogP contribution in [-0.4, -0.2) is 56.3 Å². The molecule has 1 saturated heterocycles. The number of hydrogen-bond donors (Lipinski definition) is 1. The van der Waals surface area contributed by atoms with E-state index in [1.54, 1.807) is 4.31 Å². The van der Waals surface area contributed by atoms with Crippen molar-refractivity contribution in [3.8, 4) is 0 Å². The van der Waals surface area contributed by atoms with Crippen molar-refractivity contribution in [3.63, 3.8) is 0 Å². The van der Waals surface area contributed by atoms with Crippen molar-refractivity contribution in [1.29, 1.82) is 0 Å². The van der Waals surface area contributed by atoms with Crippen molar-refractivity contribution < 1.29 is 13.2 Å². The zero-order valence-corrected chi connectivity index (χ0v) is 20.2. The van der Waals surface area contributed by atoms with Gasteiger partial charge in [0.2, 0.25) is 15.9 Å². The molecule has 0 radical (unpaired) electrons. The lowest BCUT2D eigenvalue weighted by atomic mass is 10.0. The van der Waals surface area contributed by atoms with E-state index >= 15 is 0 Å². The van der Waals surface area contributed by atoms with Crippen molar-refractivity contribution in [2.75, 3.05) is 38.0 Å². The van der Waals surface area contributed by atoms with Gasteiger partial charge in [0.15, 0.2) is 0 Å². The largest absolute Gasteiger partial charge is 0.324 e. The zero-order valence-electron chi connectivity index (χ0n) is 19.4. The molecule has 1 fully saturated rings. The topological polar surface area (TPSA) is 69.7 Å². The standard InChI is InChI=1S/C24H33N3O3S/c1-16-8-7-9-17(2)23(16)25-22(28)15-26-10-12-27(13-11-26)31(29,30)24-20(5)18(3)14-19(4)21(24)6/h7-9,14H,10-13,15H2,1-6H3,(H,25,28). The Hall–Kier alpha value is -2.22. The zero-order chi connectivity index (χ0) is 22.9. The van der Waals surface area contributed by atoms with E-state index < -0.39 is 10.0 Å². The highest BCUT2D eigenvalue weighted by Gasteiger charge is 2.32. The van der Waals surface area contributed by atoms with E-state index in [1.165, 1.54) is 0 Å². The number of piperazine rings is 1. The number of sulfonamides is 1. The van der Waals surface area contributed by atoms with Crippen LogP contribution in [0.5, 0.6) is 0 Å². The third-order valence-electron chi connectivity index (χ3n) is 6.34. The summed E-state index contributed by atoms with van der Waals surface area (Å²) in [4.78, 5) is 15.0. The number of benzene rings is 2. The maximum absolute atomic E-state index is 13.4. The molecule has 0 unspecified atom stereocenters. The molecule has 2 aromatic carbocycles. The highest BCUT2D eigenvalue weighted by Crippen LogP contribution is 2.29. The van der Waals surface area contributed by atoms with Gasteiger partial charge < -0.3 is 5.32 Å². The summed E-state index contributed by atoms with van der Waals surface area (Å²) in [7, 11) is -3.57. The number of hydrogen-bond acceptors (Lipinski definition) is 4. The Morgan fingerprint density at radius 2 is 1.39 bits per heavy atom. The molecule has 7 heteroatoms. The van der Waals surface area contributed by atoms with Crippen LogP contribution in [0.15, 0.2) is 29.2 Å². The number of rotatable bonds is 5. The van der Waals surface area contributed by atoms with Crippen LogP contribution in [0.3, 0.4) is 0 Å². The first-order valence-corrected chi connectivity index (χ1v) is 12.1. The molecule has 0 spiro atoms. The van der Waals surface area contributed by atoms with E-state index in [4.69, 9.17) is 0 Å². The molecule has 1 heterocycles. The number of carbonyl (C=O) groups is 1. The van der Waals surface area contributed by atoms with Crippen LogP contribution in [-0.2, 0) is 14.8 Å². The van der Waals surface area contributed by atoms with E-state index in [2.05, 4.69) is 5.32 Å². The van der Waals surface area contributed by atoms with E-state index in [0.717, 1.165) is 39.1 Å². The maximum atomic E-state index is 13.4.